The van der Waals surface area contributed by atoms with Gasteiger partial charge in [0.15, 0.2) is 10.3 Å². The molecule has 3 aromatic rings. The quantitative estimate of drug-likeness (QED) is 0.554. The predicted octanol–water partition coefficient (Wildman–Crippen LogP) is 3.27. The minimum absolute atomic E-state index is 0.0544. The molecule has 25 heavy (non-hydrogen) atoms. The van der Waals surface area contributed by atoms with Crippen molar-refractivity contribution in [3.05, 3.63) is 57.5 Å². The number of thioether (sulfide) groups is 1. The van der Waals surface area contributed by atoms with E-state index in [1.807, 2.05) is 6.07 Å². The van der Waals surface area contributed by atoms with Gasteiger partial charge in [0.25, 0.3) is 5.56 Å². The van der Waals surface area contributed by atoms with Crippen LogP contribution in [-0.2, 0) is 0 Å². The summed E-state index contributed by atoms with van der Waals surface area (Å²) >= 11 is 6.98. The summed E-state index contributed by atoms with van der Waals surface area (Å²) < 4.78 is 5.62. The Balaban J connectivity index is 2.02. The monoisotopic (exact) mass is 371 g/mol. The summed E-state index contributed by atoms with van der Waals surface area (Å²) in [6, 6.07) is 11.9. The molecule has 0 bridgehead atoms. The second-order valence-corrected chi connectivity index (χ2v) is 5.92. The molecule has 0 aliphatic carbocycles. The van der Waals surface area contributed by atoms with Gasteiger partial charge < -0.3 is 9.72 Å². The maximum atomic E-state index is 12.0. The number of nitrogens with one attached hydrogen (secondary N) is 1. The molecule has 2 aromatic heterocycles. The van der Waals surface area contributed by atoms with Crippen LogP contribution in [0.25, 0.3) is 11.3 Å². The molecule has 7 nitrogen and oxygen atoms in total. The summed E-state index contributed by atoms with van der Waals surface area (Å²) in [7, 11) is 0. The van der Waals surface area contributed by atoms with Crippen LogP contribution in [0.5, 0.6) is 11.6 Å². The van der Waals surface area contributed by atoms with E-state index in [0.29, 0.717) is 22.2 Å². The molecule has 0 spiro atoms. The fraction of sp³-hybridized carbons (Fsp3) is 0.0625. The van der Waals surface area contributed by atoms with Crippen molar-refractivity contribution < 1.29 is 4.74 Å². The van der Waals surface area contributed by atoms with E-state index >= 15 is 0 Å². The zero-order valence-corrected chi connectivity index (χ0v) is 14.4. The number of halogens is 1. The zero-order valence-electron chi connectivity index (χ0n) is 12.9. The van der Waals surface area contributed by atoms with Gasteiger partial charge in [-0.05, 0) is 24.5 Å². The Bertz CT molecular complexity index is 1010. The first kappa shape index (κ1) is 17.0. The third-order valence-corrected chi connectivity index (χ3v) is 3.92. The summed E-state index contributed by atoms with van der Waals surface area (Å²) in [5.41, 5.74) is 0.341. The summed E-state index contributed by atoms with van der Waals surface area (Å²) in [5, 5.41) is 17.5. The summed E-state index contributed by atoms with van der Waals surface area (Å²) in [5.74, 6) is 0.733. The van der Waals surface area contributed by atoms with Crippen LogP contribution in [0, 0.1) is 11.3 Å². The van der Waals surface area contributed by atoms with Crippen LogP contribution in [0.2, 0.25) is 5.15 Å². The summed E-state index contributed by atoms with van der Waals surface area (Å²) in [6.45, 7) is 0. The van der Waals surface area contributed by atoms with Crippen molar-refractivity contribution in [3.63, 3.8) is 0 Å². The Morgan fingerprint density at radius 1 is 1.28 bits per heavy atom. The Morgan fingerprint density at radius 2 is 2.12 bits per heavy atom. The molecule has 0 unspecified atom stereocenters. The molecular formula is C16H10ClN5O2S. The molecule has 1 N–H and O–H groups in total. The van der Waals surface area contributed by atoms with Crippen molar-refractivity contribution in [2.24, 2.45) is 0 Å². The minimum atomic E-state index is -0.480. The van der Waals surface area contributed by atoms with Crippen LogP contribution in [0.1, 0.15) is 5.56 Å². The van der Waals surface area contributed by atoms with Gasteiger partial charge in [-0.2, -0.15) is 5.26 Å². The van der Waals surface area contributed by atoms with E-state index in [1.54, 1.807) is 42.7 Å². The lowest BCUT2D eigenvalue weighted by molar-refractivity contribution is 0.455. The Kier molecular flexibility index (Phi) is 4.97. The lowest BCUT2D eigenvalue weighted by Gasteiger charge is -2.08. The maximum absolute atomic E-state index is 12.0. The predicted molar refractivity (Wildman–Crippen MR) is 93.9 cm³/mol. The highest BCUT2D eigenvalue weighted by Gasteiger charge is 2.14. The van der Waals surface area contributed by atoms with Gasteiger partial charge in [0.1, 0.15) is 17.4 Å². The molecule has 0 saturated carbocycles. The zero-order chi connectivity index (χ0) is 17.8. The van der Waals surface area contributed by atoms with Gasteiger partial charge in [-0.25, -0.2) is 4.98 Å². The SMILES string of the molecule is CSc1nc(-c2cccc(Oc3ccc(Cl)nn3)c2)c(C#N)c(=O)[nH]1. The first-order valence-electron chi connectivity index (χ1n) is 6.96. The average Bonchev–Trinajstić information content (AvgIpc) is 2.63. The lowest BCUT2D eigenvalue weighted by atomic mass is 10.1. The molecule has 0 saturated heterocycles. The number of aromatic amines is 1. The number of ether oxygens (including phenoxy) is 1. The standard InChI is InChI=1S/C16H10ClN5O2S/c1-25-16-19-14(11(8-18)15(23)20-16)9-3-2-4-10(7-9)24-13-6-5-12(17)21-22-13/h2-7H,1H3,(H,19,20,23). The number of nitriles is 1. The Morgan fingerprint density at radius 3 is 2.80 bits per heavy atom. The first-order valence-corrected chi connectivity index (χ1v) is 8.57. The molecule has 0 aliphatic rings. The molecule has 0 radical (unpaired) electrons. The summed E-state index contributed by atoms with van der Waals surface area (Å²) in [6.07, 6.45) is 1.78. The lowest BCUT2D eigenvalue weighted by Crippen LogP contribution is -2.14. The summed E-state index contributed by atoms with van der Waals surface area (Å²) in [4.78, 5) is 18.9. The van der Waals surface area contributed by atoms with Crippen LogP contribution in [0.3, 0.4) is 0 Å². The van der Waals surface area contributed by atoms with Gasteiger partial charge >= 0.3 is 0 Å². The van der Waals surface area contributed by atoms with Crippen LogP contribution in [-0.4, -0.2) is 26.4 Å². The van der Waals surface area contributed by atoms with Gasteiger partial charge in [0.2, 0.25) is 5.88 Å². The number of hydrogen-bond donors (Lipinski definition) is 1. The van der Waals surface area contributed by atoms with E-state index in [0.717, 1.165) is 0 Å². The van der Waals surface area contributed by atoms with Gasteiger partial charge in [-0.3, -0.25) is 4.79 Å². The number of benzene rings is 1. The molecule has 124 valence electrons. The van der Waals surface area contributed by atoms with Crippen molar-refractivity contribution in [1.82, 2.24) is 20.2 Å². The fourth-order valence-electron chi connectivity index (χ4n) is 2.05. The number of H-pyrrole nitrogens is 1. The third-order valence-electron chi connectivity index (χ3n) is 3.14. The van der Waals surface area contributed by atoms with Gasteiger partial charge in [0, 0.05) is 11.6 Å². The van der Waals surface area contributed by atoms with E-state index in [9.17, 15) is 10.1 Å². The van der Waals surface area contributed by atoms with Gasteiger partial charge in [-0.15, -0.1) is 10.2 Å². The second-order valence-electron chi connectivity index (χ2n) is 4.73. The highest BCUT2D eigenvalue weighted by molar-refractivity contribution is 7.98. The van der Waals surface area contributed by atoms with Crippen LogP contribution in [0.15, 0.2) is 46.3 Å². The number of rotatable bonds is 4. The average molecular weight is 372 g/mol. The van der Waals surface area contributed by atoms with E-state index in [1.165, 1.54) is 11.8 Å². The van der Waals surface area contributed by atoms with Crippen molar-refractivity contribution in [2.75, 3.05) is 6.26 Å². The van der Waals surface area contributed by atoms with E-state index in [2.05, 4.69) is 20.2 Å². The highest BCUT2D eigenvalue weighted by atomic mass is 35.5. The second kappa shape index (κ2) is 7.34. The number of aromatic nitrogens is 4. The molecule has 9 heteroatoms. The number of nitrogens with zero attached hydrogens (tertiary/aromatic N) is 4. The van der Waals surface area contributed by atoms with Crippen molar-refractivity contribution in [3.8, 4) is 29.0 Å². The van der Waals surface area contributed by atoms with Gasteiger partial charge in [-0.1, -0.05) is 35.5 Å². The fourth-order valence-corrected chi connectivity index (χ4v) is 2.53. The molecular weight excluding hydrogens is 362 g/mol. The topological polar surface area (TPSA) is 105 Å². The number of hydrogen-bond acceptors (Lipinski definition) is 7. The third kappa shape index (κ3) is 3.79. The maximum Gasteiger partial charge on any atom is 0.270 e. The minimum Gasteiger partial charge on any atom is -0.438 e. The molecule has 0 aliphatic heterocycles. The molecule has 0 amide bonds. The van der Waals surface area contributed by atoms with E-state index in [4.69, 9.17) is 16.3 Å². The van der Waals surface area contributed by atoms with Crippen molar-refractivity contribution in [2.45, 2.75) is 5.16 Å². The van der Waals surface area contributed by atoms with Crippen LogP contribution < -0.4 is 10.3 Å². The van der Waals surface area contributed by atoms with E-state index < -0.39 is 5.56 Å². The normalized spacial score (nSPS) is 10.3. The molecule has 3 rings (SSSR count). The van der Waals surface area contributed by atoms with Crippen LogP contribution in [0.4, 0.5) is 0 Å². The molecule has 1 aromatic carbocycles. The smallest absolute Gasteiger partial charge is 0.270 e. The van der Waals surface area contributed by atoms with E-state index in [-0.39, 0.29) is 16.6 Å². The first-order chi connectivity index (χ1) is 12.1. The molecule has 0 atom stereocenters. The molecule has 2 heterocycles. The van der Waals surface area contributed by atoms with Crippen molar-refractivity contribution >= 4 is 23.4 Å². The Labute approximate surface area is 151 Å². The van der Waals surface area contributed by atoms with Gasteiger partial charge in [0.05, 0.1) is 5.69 Å². The Hall–Kier alpha value is -2.89. The molecule has 0 fully saturated rings. The largest absolute Gasteiger partial charge is 0.438 e. The van der Waals surface area contributed by atoms with Crippen LogP contribution >= 0.6 is 23.4 Å². The highest BCUT2D eigenvalue weighted by Crippen LogP contribution is 2.27. The van der Waals surface area contributed by atoms with Crippen molar-refractivity contribution in [1.29, 1.82) is 5.26 Å².